The Balaban J connectivity index is 1.84. The first-order valence-corrected chi connectivity index (χ1v) is 5.80. The van der Waals surface area contributed by atoms with E-state index in [4.69, 9.17) is 4.52 Å². The smallest absolute Gasteiger partial charge is 0.231 e. The Hall–Kier alpha value is -0.900. The van der Waals surface area contributed by atoms with Crippen LogP contribution in [0.15, 0.2) is 4.52 Å². The number of hydrogen-bond acceptors (Lipinski definition) is 4. The number of hydrogen-bond donors (Lipinski definition) is 0. The molecule has 1 aromatic heterocycles. The van der Waals surface area contributed by atoms with Gasteiger partial charge in [-0.25, -0.2) is 0 Å². The van der Waals surface area contributed by atoms with E-state index in [0.29, 0.717) is 5.92 Å². The Bertz CT molecular complexity index is 362. The maximum absolute atomic E-state index is 5.31. The molecule has 0 spiro atoms. The van der Waals surface area contributed by atoms with E-state index in [1.807, 2.05) is 6.92 Å². The zero-order valence-corrected chi connectivity index (χ0v) is 9.31. The zero-order valence-electron chi connectivity index (χ0n) is 9.31. The molecule has 3 rings (SSSR count). The molecular formula is C11H17N3O. The van der Waals surface area contributed by atoms with Crippen molar-refractivity contribution in [2.75, 3.05) is 19.6 Å². The highest BCUT2D eigenvalue weighted by atomic mass is 16.5. The van der Waals surface area contributed by atoms with E-state index < -0.39 is 0 Å². The van der Waals surface area contributed by atoms with Crippen molar-refractivity contribution < 1.29 is 4.52 Å². The van der Waals surface area contributed by atoms with Gasteiger partial charge in [-0.1, -0.05) is 18.5 Å². The van der Waals surface area contributed by atoms with Gasteiger partial charge in [0.1, 0.15) is 0 Å². The Labute approximate surface area is 89.6 Å². The highest BCUT2D eigenvalue weighted by molar-refractivity contribution is 5.08. The largest absolute Gasteiger partial charge is 0.339 e. The van der Waals surface area contributed by atoms with Gasteiger partial charge in [-0.05, 0) is 18.8 Å². The van der Waals surface area contributed by atoms with Crippen LogP contribution in [0, 0.1) is 18.8 Å². The first kappa shape index (κ1) is 9.33. The van der Waals surface area contributed by atoms with Crippen molar-refractivity contribution in [1.29, 1.82) is 0 Å². The van der Waals surface area contributed by atoms with E-state index in [1.165, 1.54) is 19.5 Å². The molecule has 0 aromatic carbocycles. The summed E-state index contributed by atoms with van der Waals surface area (Å²) in [4.78, 5) is 6.91. The molecule has 2 fully saturated rings. The average molecular weight is 207 g/mol. The summed E-state index contributed by atoms with van der Waals surface area (Å²) < 4.78 is 5.31. The van der Waals surface area contributed by atoms with Crippen molar-refractivity contribution in [2.45, 2.75) is 26.2 Å². The normalized spacial score (nSPS) is 38.8. The predicted octanol–water partition coefficient (Wildman–Crippen LogP) is 1.43. The van der Waals surface area contributed by atoms with Crippen molar-refractivity contribution >= 4 is 0 Å². The van der Waals surface area contributed by atoms with Gasteiger partial charge in [-0.15, -0.1) is 0 Å². The summed E-state index contributed by atoms with van der Waals surface area (Å²) in [7, 11) is 0. The van der Waals surface area contributed by atoms with Crippen molar-refractivity contribution in [1.82, 2.24) is 15.0 Å². The second-order valence-electron chi connectivity index (χ2n) is 4.84. The van der Waals surface area contributed by atoms with E-state index in [2.05, 4.69) is 22.0 Å². The van der Waals surface area contributed by atoms with Crippen molar-refractivity contribution in [2.24, 2.45) is 11.8 Å². The van der Waals surface area contributed by atoms with Crippen LogP contribution in [0.5, 0.6) is 0 Å². The summed E-state index contributed by atoms with van der Waals surface area (Å²) in [6.07, 6.45) is 1.27. The predicted molar refractivity (Wildman–Crippen MR) is 55.5 cm³/mol. The van der Waals surface area contributed by atoms with Gasteiger partial charge in [-0.2, -0.15) is 4.98 Å². The fourth-order valence-corrected chi connectivity index (χ4v) is 3.16. The summed E-state index contributed by atoms with van der Waals surface area (Å²) in [6, 6.07) is 0. The second-order valence-corrected chi connectivity index (χ2v) is 4.84. The molecule has 0 radical (unpaired) electrons. The van der Waals surface area contributed by atoms with Crippen LogP contribution in [0.1, 0.15) is 31.0 Å². The topological polar surface area (TPSA) is 42.2 Å². The maximum atomic E-state index is 5.31. The fourth-order valence-electron chi connectivity index (χ4n) is 3.16. The quantitative estimate of drug-likeness (QED) is 0.735. The van der Waals surface area contributed by atoms with E-state index >= 15 is 0 Å². The van der Waals surface area contributed by atoms with Crippen molar-refractivity contribution in [3.63, 3.8) is 0 Å². The van der Waals surface area contributed by atoms with Crippen LogP contribution in [-0.2, 0) is 0 Å². The lowest BCUT2D eigenvalue weighted by Gasteiger charge is -2.26. The Morgan fingerprint density at radius 3 is 2.87 bits per heavy atom. The first-order chi connectivity index (χ1) is 7.28. The number of fused-ring (bicyclic) bond motifs is 2. The van der Waals surface area contributed by atoms with E-state index in [0.717, 1.165) is 30.1 Å². The molecule has 2 aliphatic heterocycles. The fraction of sp³-hybridized carbons (Fsp3) is 0.818. The van der Waals surface area contributed by atoms with Crippen LogP contribution >= 0.6 is 0 Å². The molecule has 2 aliphatic rings. The van der Waals surface area contributed by atoms with Gasteiger partial charge < -0.3 is 9.42 Å². The molecule has 82 valence electrons. The molecule has 2 saturated heterocycles. The molecule has 0 aliphatic carbocycles. The van der Waals surface area contributed by atoms with Gasteiger partial charge in [-0.3, -0.25) is 0 Å². The summed E-state index contributed by atoms with van der Waals surface area (Å²) in [5, 5.41) is 3.89. The molecule has 4 nitrogen and oxygen atoms in total. The van der Waals surface area contributed by atoms with Crippen LogP contribution < -0.4 is 0 Å². The molecule has 0 saturated carbocycles. The minimum Gasteiger partial charge on any atom is -0.339 e. The molecule has 4 atom stereocenters. The minimum absolute atomic E-state index is 0.491. The van der Waals surface area contributed by atoms with Gasteiger partial charge in [0.05, 0.1) is 5.92 Å². The van der Waals surface area contributed by atoms with Gasteiger partial charge in [0.2, 0.25) is 5.89 Å². The molecule has 15 heavy (non-hydrogen) atoms. The van der Waals surface area contributed by atoms with Gasteiger partial charge in [0.15, 0.2) is 5.82 Å². The van der Waals surface area contributed by atoms with E-state index in [1.54, 1.807) is 0 Å². The van der Waals surface area contributed by atoms with Crippen LogP contribution in [0.2, 0.25) is 0 Å². The average Bonchev–Trinajstić information content (AvgIpc) is 2.90. The third kappa shape index (κ3) is 1.39. The number of piperidine rings is 1. The van der Waals surface area contributed by atoms with Gasteiger partial charge >= 0.3 is 0 Å². The molecule has 4 unspecified atom stereocenters. The highest BCUT2D eigenvalue weighted by Gasteiger charge is 2.46. The summed E-state index contributed by atoms with van der Waals surface area (Å²) in [5.74, 6) is 3.68. The lowest BCUT2D eigenvalue weighted by atomic mass is 9.82. The Morgan fingerprint density at radius 1 is 1.40 bits per heavy atom. The molecule has 1 aromatic rings. The Morgan fingerprint density at radius 2 is 2.27 bits per heavy atom. The first-order valence-electron chi connectivity index (χ1n) is 5.80. The number of aryl methyl sites for hydroxylation is 1. The summed E-state index contributed by atoms with van der Waals surface area (Å²) >= 11 is 0. The third-order valence-corrected chi connectivity index (χ3v) is 3.92. The molecular weight excluding hydrogens is 190 g/mol. The van der Waals surface area contributed by atoms with Crippen LogP contribution in [0.3, 0.4) is 0 Å². The lowest BCUT2D eigenvalue weighted by Crippen LogP contribution is -2.29. The minimum atomic E-state index is 0.491. The Kier molecular flexibility index (Phi) is 2.06. The van der Waals surface area contributed by atoms with Crippen LogP contribution in [0.4, 0.5) is 0 Å². The van der Waals surface area contributed by atoms with Gasteiger partial charge in [0, 0.05) is 19.6 Å². The molecule has 4 heteroatoms. The van der Waals surface area contributed by atoms with Crippen LogP contribution in [0.25, 0.3) is 0 Å². The number of rotatable bonds is 2. The summed E-state index contributed by atoms with van der Waals surface area (Å²) in [5.41, 5.74) is 0. The number of aromatic nitrogens is 2. The standard InChI is InChI=1S/C11H17N3O/c1-3-8-4-14-5-9(8)10(6-14)11-12-7(2)13-15-11/h8-10H,3-6H2,1-2H3. The van der Waals surface area contributed by atoms with E-state index in [9.17, 15) is 0 Å². The van der Waals surface area contributed by atoms with Gasteiger partial charge in [0.25, 0.3) is 0 Å². The molecule has 2 bridgehead atoms. The number of nitrogens with zero attached hydrogens (tertiary/aromatic N) is 3. The summed E-state index contributed by atoms with van der Waals surface area (Å²) in [6.45, 7) is 7.78. The van der Waals surface area contributed by atoms with Crippen molar-refractivity contribution in [3.05, 3.63) is 11.7 Å². The third-order valence-electron chi connectivity index (χ3n) is 3.92. The SMILES string of the molecule is CCC1CN2CC(c3nc(C)no3)C1C2. The molecule has 0 amide bonds. The lowest BCUT2D eigenvalue weighted by molar-refractivity contribution is 0.232. The maximum Gasteiger partial charge on any atom is 0.231 e. The van der Waals surface area contributed by atoms with E-state index in [-0.39, 0.29) is 0 Å². The second kappa shape index (κ2) is 3.30. The molecule has 3 heterocycles. The zero-order chi connectivity index (χ0) is 10.4. The van der Waals surface area contributed by atoms with Crippen LogP contribution in [-0.4, -0.2) is 34.7 Å². The monoisotopic (exact) mass is 207 g/mol. The molecule has 0 N–H and O–H groups in total. The highest BCUT2D eigenvalue weighted by Crippen LogP contribution is 2.43. The van der Waals surface area contributed by atoms with Crippen molar-refractivity contribution in [3.8, 4) is 0 Å².